The van der Waals surface area contributed by atoms with Gasteiger partial charge < -0.3 is 5.11 Å². The van der Waals surface area contributed by atoms with Crippen LogP contribution >= 0.6 is 151 Å². The molecule has 0 saturated carbocycles. The standard InChI is InChI=1S/C6HCl13O/c7-1(8,2(9,10)5(14,15)16)4(13,20)3(11,12)6(17,18)19/h20H. The van der Waals surface area contributed by atoms with Crippen LogP contribution in [0.3, 0.4) is 0 Å². The molecule has 20 heavy (non-hydrogen) atoms. The van der Waals surface area contributed by atoms with Crippen molar-refractivity contribution in [3.8, 4) is 0 Å². The smallest absolute Gasteiger partial charge is 0.227 e. The van der Waals surface area contributed by atoms with Crippen LogP contribution in [0.5, 0.6) is 0 Å². The second-order valence-electron chi connectivity index (χ2n) is 3.34. The predicted molar refractivity (Wildman–Crippen MR) is 94.7 cm³/mol. The lowest BCUT2D eigenvalue weighted by atomic mass is 10.1. The highest BCUT2D eigenvalue weighted by atomic mass is 35.6. The molecule has 0 fully saturated rings. The number of aliphatic hydroxyl groups is 1. The Balaban J connectivity index is 6.08. The van der Waals surface area contributed by atoms with Gasteiger partial charge in [-0.1, -0.05) is 151 Å². The van der Waals surface area contributed by atoms with Gasteiger partial charge in [-0.3, -0.25) is 0 Å². The highest BCUT2D eigenvalue weighted by molar-refractivity contribution is 6.81. The van der Waals surface area contributed by atoms with Crippen molar-refractivity contribution in [3.05, 3.63) is 0 Å². The molecular formula is C6HCl13O. The largest absolute Gasteiger partial charge is 0.370 e. The lowest BCUT2D eigenvalue weighted by Crippen LogP contribution is -2.67. The maximum absolute atomic E-state index is 10.2. The lowest BCUT2D eigenvalue weighted by molar-refractivity contribution is 0.0865. The van der Waals surface area contributed by atoms with Gasteiger partial charge in [-0.25, -0.2) is 0 Å². The predicted octanol–water partition coefficient (Wildman–Crippen LogP) is 7.18. The number of alkyl halides is 13. The van der Waals surface area contributed by atoms with Gasteiger partial charge in [-0.15, -0.1) is 0 Å². The molecule has 14 heteroatoms. The molecule has 0 amide bonds. The molecule has 0 spiro atoms. The van der Waals surface area contributed by atoms with Gasteiger partial charge in [-0.05, 0) is 0 Å². The quantitative estimate of drug-likeness (QED) is 0.370. The third kappa shape index (κ3) is 3.93. The molecule has 0 bridgehead atoms. The zero-order valence-corrected chi connectivity index (χ0v) is 18.2. The Hall–Kier alpha value is 3.73. The van der Waals surface area contributed by atoms with Crippen LogP contribution in [0.2, 0.25) is 0 Å². The van der Waals surface area contributed by atoms with Crippen molar-refractivity contribution in [2.75, 3.05) is 0 Å². The normalized spacial score (nSPS) is 18.9. The Morgan fingerprint density at radius 3 is 0.850 bits per heavy atom. The highest BCUT2D eigenvalue weighted by Crippen LogP contribution is 2.67. The third-order valence-electron chi connectivity index (χ3n) is 1.94. The molecular weight excluding hydrogens is 549 g/mol. The van der Waals surface area contributed by atoms with Gasteiger partial charge in [0.1, 0.15) is 0 Å². The summed E-state index contributed by atoms with van der Waals surface area (Å²) in [7, 11) is 0. The summed E-state index contributed by atoms with van der Waals surface area (Å²) in [5.74, 6) is 0. The van der Waals surface area contributed by atoms with Crippen LogP contribution in [-0.2, 0) is 0 Å². The minimum Gasteiger partial charge on any atom is -0.370 e. The maximum atomic E-state index is 10.2. The lowest BCUT2D eigenvalue weighted by Gasteiger charge is -2.49. The SMILES string of the molecule is OC(Cl)(C(Cl)(Cl)C(Cl)(Cl)Cl)C(Cl)(Cl)C(Cl)(Cl)C(Cl)(Cl)Cl. The van der Waals surface area contributed by atoms with Gasteiger partial charge in [0.15, 0.2) is 0 Å². The summed E-state index contributed by atoms with van der Waals surface area (Å²) in [4.78, 5) is 0. The molecule has 0 aromatic rings. The minimum absolute atomic E-state index is 2.53. The number of rotatable bonds is 3. The second-order valence-corrected chi connectivity index (χ2v) is 12.4. The van der Waals surface area contributed by atoms with E-state index in [9.17, 15) is 5.11 Å². The van der Waals surface area contributed by atoms with E-state index >= 15 is 0 Å². The molecule has 0 aliphatic rings. The summed E-state index contributed by atoms with van der Waals surface area (Å²) >= 11 is 73.4. The molecule has 1 nitrogen and oxygen atoms in total. The first-order valence-electron chi connectivity index (χ1n) is 3.93. The average molecular weight is 550 g/mol. The highest BCUT2D eigenvalue weighted by Gasteiger charge is 2.76. The molecule has 0 rings (SSSR count). The van der Waals surface area contributed by atoms with Crippen molar-refractivity contribution in [2.45, 2.75) is 25.6 Å². The van der Waals surface area contributed by atoms with Crippen molar-refractivity contribution in [3.63, 3.8) is 0 Å². The van der Waals surface area contributed by atoms with Crippen molar-refractivity contribution < 1.29 is 5.11 Å². The van der Waals surface area contributed by atoms with E-state index in [0.717, 1.165) is 0 Å². The van der Waals surface area contributed by atoms with E-state index in [1.54, 1.807) is 0 Å². The van der Waals surface area contributed by atoms with E-state index in [1.807, 2.05) is 0 Å². The molecule has 0 aliphatic carbocycles. The summed E-state index contributed by atoms with van der Waals surface area (Å²) in [5.41, 5.74) is 0. The summed E-state index contributed by atoms with van der Waals surface area (Å²) in [6.07, 6.45) is 0. The van der Waals surface area contributed by atoms with E-state index in [2.05, 4.69) is 0 Å². The van der Waals surface area contributed by atoms with Crippen molar-refractivity contribution in [1.82, 2.24) is 0 Å². The minimum atomic E-state index is -3.16. The summed E-state index contributed by atoms with van der Waals surface area (Å²) in [6, 6.07) is 0. The van der Waals surface area contributed by atoms with Gasteiger partial charge in [0.05, 0.1) is 0 Å². The van der Waals surface area contributed by atoms with E-state index < -0.39 is 25.6 Å². The van der Waals surface area contributed by atoms with Crippen LogP contribution in [0.4, 0.5) is 0 Å². The van der Waals surface area contributed by atoms with Gasteiger partial charge in [0, 0.05) is 0 Å². The monoisotopic (exact) mass is 544 g/mol. The van der Waals surface area contributed by atoms with Crippen molar-refractivity contribution in [2.24, 2.45) is 0 Å². The van der Waals surface area contributed by atoms with Crippen LogP contribution in [0.15, 0.2) is 0 Å². The van der Waals surface area contributed by atoms with Crippen LogP contribution in [0.1, 0.15) is 0 Å². The van der Waals surface area contributed by atoms with Gasteiger partial charge in [-0.2, -0.15) is 0 Å². The Labute approximate surface area is 179 Å². The molecule has 1 atom stereocenters. The Morgan fingerprint density at radius 1 is 0.400 bits per heavy atom. The second kappa shape index (κ2) is 6.80. The molecule has 0 radical (unpaired) electrons. The third-order valence-corrected chi connectivity index (χ3v) is 9.50. The zero-order valence-electron chi connectivity index (χ0n) is 8.36. The van der Waals surface area contributed by atoms with E-state index in [4.69, 9.17) is 151 Å². The van der Waals surface area contributed by atoms with E-state index in [1.165, 1.54) is 0 Å². The first kappa shape index (κ1) is 23.7. The van der Waals surface area contributed by atoms with E-state index in [-0.39, 0.29) is 0 Å². The Bertz CT molecular complexity index is 324. The van der Waals surface area contributed by atoms with Crippen molar-refractivity contribution in [1.29, 1.82) is 0 Å². The van der Waals surface area contributed by atoms with Gasteiger partial charge >= 0.3 is 0 Å². The molecule has 0 aliphatic heterocycles. The molecule has 0 aromatic heterocycles. The topological polar surface area (TPSA) is 20.2 Å². The number of hydrogen-bond donors (Lipinski definition) is 1. The Kier molecular flexibility index (Phi) is 8.07. The molecule has 0 aromatic carbocycles. The molecule has 0 heterocycles. The summed E-state index contributed by atoms with van der Waals surface area (Å²) in [5, 5.41) is 7.08. The van der Waals surface area contributed by atoms with Gasteiger partial charge in [0.2, 0.25) is 25.6 Å². The van der Waals surface area contributed by atoms with Gasteiger partial charge in [0.25, 0.3) is 0 Å². The number of hydrogen-bond acceptors (Lipinski definition) is 1. The molecule has 122 valence electrons. The fourth-order valence-corrected chi connectivity index (χ4v) is 3.74. The summed E-state index contributed by atoms with van der Waals surface area (Å²) in [6.45, 7) is 0. The van der Waals surface area contributed by atoms with E-state index in [0.29, 0.717) is 0 Å². The molecule has 1 unspecified atom stereocenters. The Morgan fingerprint density at radius 2 is 0.650 bits per heavy atom. The summed E-state index contributed by atoms with van der Waals surface area (Å²) < 4.78 is -13.5. The fraction of sp³-hybridized carbons (Fsp3) is 1.00. The first-order valence-corrected chi connectivity index (χ1v) is 8.84. The fourth-order valence-electron chi connectivity index (χ4n) is 0.771. The molecule has 0 saturated heterocycles. The zero-order chi connectivity index (χ0) is 17.0. The van der Waals surface area contributed by atoms with Crippen LogP contribution in [-0.4, -0.2) is 30.8 Å². The van der Waals surface area contributed by atoms with Crippen LogP contribution in [0, 0.1) is 0 Å². The number of halogens is 13. The first-order chi connectivity index (χ1) is 8.25. The average Bonchev–Trinajstić information content (AvgIpc) is 2.12. The van der Waals surface area contributed by atoms with Crippen LogP contribution < -0.4 is 0 Å². The maximum Gasteiger partial charge on any atom is 0.227 e. The molecule has 1 N–H and O–H groups in total. The van der Waals surface area contributed by atoms with Crippen LogP contribution in [0.25, 0.3) is 0 Å². The van der Waals surface area contributed by atoms with Crippen molar-refractivity contribution >= 4 is 151 Å².